The molecule has 4 aromatic carbocycles. The van der Waals surface area contributed by atoms with Crippen molar-refractivity contribution < 1.29 is 9.85 Å². The number of nitrogen functional groups attached to an aromatic ring is 1. The lowest BCUT2D eigenvalue weighted by Gasteiger charge is -2.16. The second kappa shape index (κ2) is 7.05. The van der Waals surface area contributed by atoms with Crippen molar-refractivity contribution in [1.82, 2.24) is 0 Å². The minimum atomic E-state index is -0.454. The number of rotatable bonds is 4. The largest absolute Gasteiger partial charge is 0.398 e. The number of nitrogens with zero attached hydrogens (tertiary/aromatic N) is 2. The van der Waals surface area contributed by atoms with Crippen LogP contribution in [0.4, 0.5) is 17.1 Å². The quantitative estimate of drug-likeness (QED) is 0.280. The fraction of sp³-hybridized carbons (Fsp3) is 0. The molecule has 4 aromatic rings. The number of nitro benzene ring substituents is 2. The van der Waals surface area contributed by atoms with Gasteiger partial charge in [0.1, 0.15) is 0 Å². The van der Waals surface area contributed by atoms with Gasteiger partial charge in [-0.15, -0.1) is 0 Å². The second-order valence-corrected chi connectivity index (χ2v) is 6.54. The molecule has 0 spiro atoms. The molecule has 0 saturated heterocycles. The van der Waals surface area contributed by atoms with Crippen LogP contribution in [0.2, 0.25) is 0 Å². The zero-order valence-corrected chi connectivity index (χ0v) is 15.1. The van der Waals surface area contributed by atoms with Crippen molar-refractivity contribution in [3.8, 4) is 22.3 Å². The van der Waals surface area contributed by atoms with Crippen LogP contribution in [0.25, 0.3) is 33.0 Å². The third kappa shape index (κ3) is 3.25. The Morgan fingerprint density at radius 1 is 0.690 bits per heavy atom. The van der Waals surface area contributed by atoms with Gasteiger partial charge in [0.15, 0.2) is 0 Å². The molecule has 0 aromatic heterocycles. The van der Waals surface area contributed by atoms with Crippen LogP contribution in [0, 0.1) is 20.2 Å². The van der Waals surface area contributed by atoms with Gasteiger partial charge in [-0.25, -0.2) is 0 Å². The minimum absolute atomic E-state index is 0.000558. The van der Waals surface area contributed by atoms with Crippen LogP contribution in [0.15, 0.2) is 78.9 Å². The molecule has 7 heteroatoms. The maximum Gasteiger partial charge on any atom is 0.269 e. The van der Waals surface area contributed by atoms with E-state index in [9.17, 15) is 20.2 Å². The van der Waals surface area contributed by atoms with Gasteiger partial charge in [0, 0.05) is 40.9 Å². The zero-order valence-electron chi connectivity index (χ0n) is 15.1. The fourth-order valence-electron chi connectivity index (χ4n) is 3.43. The molecule has 0 bridgehead atoms. The summed E-state index contributed by atoms with van der Waals surface area (Å²) >= 11 is 0. The number of benzene rings is 4. The van der Waals surface area contributed by atoms with Crippen molar-refractivity contribution in [2.75, 3.05) is 5.73 Å². The van der Waals surface area contributed by atoms with Gasteiger partial charge in [-0.2, -0.15) is 0 Å². The molecule has 0 atom stereocenters. The number of nitrogens with two attached hydrogens (primary N) is 1. The Labute approximate surface area is 165 Å². The molecule has 29 heavy (non-hydrogen) atoms. The van der Waals surface area contributed by atoms with Crippen molar-refractivity contribution in [2.45, 2.75) is 0 Å². The summed E-state index contributed by atoms with van der Waals surface area (Å²) in [5.41, 5.74) is 10.1. The Morgan fingerprint density at radius 3 is 1.76 bits per heavy atom. The summed E-state index contributed by atoms with van der Waals surface area (Å²) in [7, 11) is 0. The van der Waals surface area contributed by atoms with Crippen molar-refractivity contribution in [1.29, 1.82) is 0 Å². The van der Waals surface area contributed by atoms with Crippen LogP contribution < -0.4 is 5.73 Å². The molecule has 0 aliphatic heterocycles. The Morgan fingerprint density at radius 2 is 1.21 bits per heavy atom. The topological polar surface area (TPSA) is 112 Å². The van der Waals surface area contributed by atoms with Crippen LogP contribution in [0.1, 0.15) is 0 Å². The number of fused-ring (bicyclic) bond motifs is 1. The third-order valence-electron chi connectivity index (χ3n) is 4.85. The van der Waals surface area contributed by atoms with E-state index in [0.717, 1.165) is 33.0 Å². The number of anilines is 1. The van der Waals surface area contributed by atoms with Gasteiger partial charge < -0.3 is 5.73 Å². The highest BCUT2D eigenvalue weighted by atomic mass is 16.6. The molecule has 142 valence electrons. The SMILES string of the molecule is Nc1c(-c2ccc([N+](=O)[O-])cc2)c(-c2ccc([N+](=O)[O-])cc2)cc2ccccc12. The maximum absolute atomic E-state index is 11.0. The van der Waals surface area contributed by atoms with E-state index in [4.69, 9.17) is 5.73 Å². The van der Waals surface area contributed by atoms with Crippen molar-refractivity contribution in [2.24, 2.45) is 0 Å². The summed E-state index contributed by atoms with van der Waals surface area (Å²) in [6, 6.07) is 22.1. The predicted octanol–water partition coefficient (Wildman–Crippen LogP) is 5.57. The summed E-state index contributed by atoms with van der Waals surface area (Å²) in [4.78, 5) is 21.1. The molecule has 0 unspecified atom stereocenters. The molecular formula is C22H15N3O4. The first kappa shape index (κ1) is 18.1. The maximum atomic E-state index is 11.0. The van der Waals surface area contributed by atoms with Gasteiger partial charge in [0.25, 0.3) is 11.4 Å². The first-order chi connectivity index (χ1) is 14.0. The van der Waals surface area contributed by atoms with E-state index in [1.54, 1.807) is 24.3 Å². The Balaban J connectivity index is 1.98. The van der Waals surface area contributed by atoms with E-state index >= 15 is 0 Å². The lowest BCUT2D eigenvalue weighted by Crippen LogP contribution is -1.96. The summed E-state index contributed by atoms with van der Waals surface area (Å²) in [5.74, 6) is 0. The molecule has 7 nitrogen and oxygen atoms in total. The Kier molecular flexibility index (Phi) is 4.40. The van der Waals surface area contributed by atoms with Gasteiger partial charge in [0.05, 0.1) is 9.85 Å². The molecule has 0 radical (unpaired) electrons. The smallest absolute Gasteiger partial charge is 0.269 e. The molecule has 4 rings (SSSR count). The van der Waals surface area contributed by atoms with Crippen LogP contribution >= 0.6 is 0 Å². The summed E-state index contributed by atoms with van der Waals surface area (Å²) in [6.45, 7) is 0. The monoisotopic (exact) mass is 385 g/mol. The molecule has 0 aliphatic rings. The van der Waals surface area contributed by atoms with Crippen LogP contribution in [0.3, 0.4) is 0 Å². The normalized spacial score (nSPS) is 10.8. The van der Waals surface area contributed by atoms with Crippen LogP contribution in [0.5, 0.6) is 0 Å². The highest BCUT2D eigenvalue weighted by Crippen LogP contribution is 2.42. The summed E-state index contributed by atoms with van der Waals surface area (Å²) < 4.78 is 0. The van der Waals surface area contributed by atoms with E-state index in [2.05, 4.69) is 0 Å². The lowest BCUT2D eigenvalue weighted by atomic mass is 9.89. The van der Waals surface area contributed by atoms with Gasteiger partial charge in [-0.3, -0.25) is 20.2 Å². The van der Waals surface area contributed by atoms with Crippen molar-refractivity contribution in [3.05, 3.63) is 99.1 Å². The molecular weight excluding hydrogens is 370 g/mol. The average molecular weight is 385 g/mol. The molecule has 0 saturated carbocycles. The van der Waals surface area contributed by atoms with E-state index in [1.165, 1.54) is 24.3 Å². The Bertz CT molecular complexity index is 1250. The fourth-order valence-corrected chi connectivity index (χ4v) is 3.43. The standard InChI is InChI=1S/C22H15N3O4/c23-22-19-4-2-1-3-16(19)13-20(14-5-9-17(10-6-14)24(26)27)21(22)15-7-11-18(12-8-15)25(28)29/h1-13H,23H2. The van der Waals surface area contributed by atoms with Crippen LogP contribution in [-0.2, 0) is 0 Å². The first-order valence-corrected chi connectivity index (χ1v) is 8.76. The molecule has 0 aliphatic carbocycles. The van der Waals surface area contributed by atoms with E-state index in [0.29, 0.717) is 5.69 Å². The summed E-state index contributed by atoms with van der Waals surface area (Å²) in [5, 5.41) is 23.8. The van der Waals surface area contributed by atoms with Crippen molar-refractivity contribution in [3.63, 3.8) is 0 Å². The minimum Gasteiger partial charge on any atom is -0.398 e. The van der Waals surface area contributed by atoms with Gasteiger partial charge in [-0.05, 0) is 52.4 Å². The number of non-ortho nitro benzene ring substituents is 2. The van der Waals surface area contributed by atoms with Crippen molar-refractivity contribution >= 4 is 27.8 Å². The van der Waals surface area contributed by atoms with Gasteiger partial charge in [0.2, 0.25) is 0 Å². The molecule has 0 amide bonds. The molecule has 2 N–H and O–H groups in total. The number of nitro groups is 2. The lowest BCUT2D eigenvalue weighted by molar-refractivity contribution is -0.385. The summed E-state index contributed by atoms with van der Waals surface area (Å²) in [6.07, 6.45) is 0. The predicted molar refractivity (Wildman–Crippen MR) is 113 cm³/mol. The highest BCUT2D eigenvalue weighted by Gasteiger charge is 2.17. The van der Waals surface area contributed by atoms with Gasteiger partial charge in [-0.1, -0.05) is 24.3 Å². The second-order valence-electron chi connectivity index (χ2n) is 6.54. The highest BCUT2D eigenvalue weighted by molar-refractivity contribution is 6.07. The van der Waals surface area contributed by atoms with Gasteiger partial charge >= 0.3 is 0 Å². The van der Waals surface area contributed by atoms with Crippen LogP contribution in [-0.4, -0.2) is 9.85 Å². The van der Waals surface area contributed by atoms with E-state index in [-0.39, 0.29) is 11.4 Å². The number of hydrogen-bond acceptors (Lipinski definition) is 5. The first-order valence-electron chi connectivity index (χ1n) is 8.76. The third-order valence-corrected chi connectivity index (χ3v) is 4.85. The average Bonchev–Trinajstić information content (AvgIpc) is 2.74. The zero-order chi connectivity index (χ0) is 20.5. The number of hydrogen-bond donors (Lipinski definition) is 1. The molecule has 0 heterocycles. The molecule has 0 fully saturated rings. The van der Waals surface area contributed by atoms with E-state index in [1.807, 2.05) is 30.3 Å². The Hall–Kier alpha value is -4.26. The van der Waals surface area contributed by atoms with E-state index < -0.39 is 9.85 Å².